The molecule has 4 rings (SSSR count). The van der Waals surface area contributed by atoms with Crippen molar-refractivity contribution in [1.29, 1.82) is 0 Å². The number of H-pyrrole nitrogens is 1. The number of fused-ring (bicyclic) bond motifs is 2. The van der Waals surface area contributed by atoms with Gasteiger partial charge in [0.15, 0.2) is 11.6 Å². The number of hydrogen-bond acceptors (Lipinski definition) is 6. The van der Waals surface area contributed by atoms with Gasteiger partial charge in [-0.05, 0) is 39.0 Å². The van der Waals surface area contributed by atoms with E-state index >= 15 is 0 Å². The first-order chi connectivity index (χ1) is 12.2. The maximum absolute atomic E-state index is 11.5. The highest BCUT2D eigenvalue weighted by Crippen LogP contribution is 2.34. The largest absolute Gasteiger partial charge is 0.433 e. The monoisotopic (exact) mass is 353 g/mol. The van der Waals surface area contributed by atoms with Gasteiger partial charge >= 0.3 is 5.88 Å². The number of furan rings is 1. The summed E-state index contributed by atoms with van der Waals surface area (Å²) >= 11 is 0. The molecule has 0 aliphatic carbocycles. The Morgan fingerprint density at radius 1 is 1.23 bits per heavy atom. The quantitative estimate of drug-likeness (QED) is 0.436. The van der Waals surface area contributed by atoms with Gasteiger partial charge in [0.1, 0.15) is 4.92 Å². The second-order valence-corrected chi connectivity index (χ2v) is 6.94. The van der Waals surface area contributed by atoms with Crippen LogP contribution in [0.5, 0.6) is 0 Å². The summed E-state index contributed by atoms with van der Waals surface area (Å²) in [6, 6.07) is 6.40. The lowest BCUT2D eigenvalue weighted by atomic mass is 10.1. The number of hydrogen-bond donors (Lipinski definition) is 1. The zero-order chi connectivity index (χ0) is 18.6. The summed E-state index contributed by atoms with van der Waals surface area (Å²) in [5, 5.41) is 10.9. The predicted octanol–water partition coefficient (Wildman–Crippen LogP) is 3.20. The zero-order valence-corrected chi connectivity index (χ0v) is 14.3. The van der Waals surface area contributed by atoms with Crippen molar-refractivity contribution in [2.75, 3.05) is 0 Å². The Hall–Kier alpha value is -3.49. The van der Waals surface area contributed by atoms with Crippen LogP contribution in [0.2, 0.25) is 0 Å². The number of nitrogens with zero attached hydrogens (tertiary/aromatic N) is 4. The van der Waals surface area contributed by atoms with E-state index < -0.39 is 4.92 Å². The molecular formula is C17H15N5O4. The Balaban J connectivity index is 2.06. The molecule has 0 spiro atoms. The van der Waals surface area contributed by atoms with Crippen molar-refractivity contribution in [2.45, 2.75) is 26.3 Å². The Bertz CT molecular complexity index is 1230. The predicted molar refractivity (Wildman–Crippen MR) is 95.0 cm³/mol. The first-order valence-electron chi connectivity index (χ1n) is 7.91. The Morgan fingerprint density at radius 3 is 2.65 bits per heavy atom. The van der Waals surface area contributed by atoms with Crippen molar-refractivity contribution in [3.63, 3.8) is 0 Å². The normalized spacial score (nSPS) is 12.1. The van der Waals surface area contributed by atoms with Crippen molar-refractivity contribution < 1.29 is 9.34 Å². The molecule has 0 radical (unpaired) electrons. The molecular weight excluding hydrogens is 338 g/mol. The minimum atomic E-state index is -0.587. The fourth-order valence-electron chi connectivity index (χ4n) is 3.00. The van der Waals surface area contributed by atoms with Gasteiger partial charge in [-0.3, -0.25) is 14.9 Å². The Morgan fingerprint density at radius 2 is 2.00 bits per heavy atom. The van der Waals surface area contributed by atoms with Crippen LogP contribution in [0.3, 0.4) is 0 Å². The van der Waals surface area contributed by atoms with E-state index in [1.54, 1.807) is 6.07 Å². The lowest BCUT2D eigenvalue weighted by molar-refractivity contribution is -0.401. The molecule has 3 heterocycles. The number of nitro groups is 1. The zero-order valence-electron chi connectivity index (χ0n) is 14.3. The van der Waals surface area contributed by atoms with E-state index in [0.717, 1.165) is 5.52 Å². The molecule has 0 amide bonds. The molecule has 26 heavy (non-hydrogen) atoms. The lowest BCUT2D eigenvalue weighted by Gasteiger charge is -2.24. The maximum Gasteiger partial charge on any atom is 0.433 e. The van der Waals surface area contributed by atoms with E-state index in [2.05, 4.69) is 15.0 Å². The second kappa shape index (κ2) is 5.25. The van der Waals surface area contributed by atoms with Gasteiger partial charge in [-0.2, -0.15) is 0 Å². The summed E-state index contributed by atoms with van der Waals surface area (Å²) in [4.78, 5) is 33.4. The average Bonchev–Trinajstić information content (AvgIpc) is 3.16. The summed E-state index contributed by atoms with van der Waals surface area (Å²) in [5.41, 5.74) is 1.94. The fourth-order valence-corrected chi connectivity index (χ4v) is 3.00. The van der Waals surface area contributed by atoms with Crippen LogP contribution in [0.4, 0.5) is 5.88 Å². The third-order valence-electron chi connectivity index (χ3n) is 4.01. The topological polar surface area (TPSA) is 120 Å². The first-order valence-corrected chi connectivity index (χ1v) is 7.91. The molecule has 0 atom stereocenters. The van der Waals surface area contributed by atoms with Crippen LogP contribution in [0.15, 0.2) is 39.7 Å². The molecule has 0 bridgehead atoms. The van der Waals surface area contributed by atoms with Crippen LogP contribution in [-0.2, 0) is 5.54 Å². The lowest BCUT2D eigenvalue weighted by Crippen LogP contribution is -2.22. The van der Waals surface area contributed by atoms with E-state index in [-0.39, 0.29) is 17.0 Å². The summed E-state index contributed by atoms with van der Waals surface area (Å²) in [6.07, 6.45) is 1.22. The van der Waals surface area contributed by atoms with Crippen molar-refractivity contribution in [3.8, 4) is 11.6 Å². The van der Waals surface area contributed by atoms with E-state index in [1.165, 1.54) is 18.3 Å². The van der Waals surface area contributed by atoms with Crippen LogP contribution in [0.25, 0.3) is 33.7 Å². The number of rotatable bonds is 2. The maximum atomic E-state index is 11.5. The molecule has 0 saturated heterocycles. The number of aromatic amines is 1. The van der Waals surface area contributed by atoms with Gasteiger partial charge in [0.05, 0.1) is 34.3 Å². The van der Waals surface area contributed by atoms with Gasteiger partial charge < -0.3 is 14.0 Å². The number of aromatic nitrogens is 4. The number of benzene rings is 1. The van der Waals surface area contributed by atoms with Gasteiger partial charge in [-0.15, -0.1) is 0 Å². The SMILES string of the molecule is CC(C)(C)n1c(-c2ccc([N+](=O)[O-])o2)nc2cc3[nH]c(=O)cnc3cc21. The third-order valence-corrected chi connectivity index (χ3v) is 4.01. The van der Waals surface area contributed by atoms with Gasteiger partial charge in [0.25, 0.3) is 5.56 Å². The minimum absolute atomic E-state index is 0.297. The van der Waals surface area contributed by atoms with E-state index in [4.69, 9.17) is 4.42 Å². The smallest absolute Gasteiger partial charge is 0.397 e. The van der Waals surface area contributed by atoms with Crippen molar-refractivity contribution in [3.05, 3.63) is 50.9 Å². The number of nitrogens with one attached hydrogen (secondary N) is 1. The molecule has 0 aliphatic heterocycles. The van der Waals surface area contributed by atoms with Crippen molar-refractivity contribution >= 4 is 28.0 Å². The molecule has 1 aromatic carbocycles. The summed E-state index contributed by atoms with van der Waals surface area (Å²) in [6.45, 7) is 6.00. The minimum Gasteiger partial charge on any atom is -0.397 e. The van der Waals surface area contributed by atoms with Gasteiger partial charge in [-0.25, -0.2) is 9.97 Å². The third kappa shape index (κ3) is 2.44. The number of imidazole rings is 1. The molecule has 0 fully saturated rings. The van der Waals surface area contributed by atoms with Crippen LogP contribution in [0.1, 0.15) is 20.8 Å². The summed E-state index contributed by atoms with van der Waals surface area (Å²) < 4.78 is 7.30. The molecule has 0 unspecified atom stereocenters. The van der Waals surface area contributed by atoms with Crippen LogP contribution in [0, 0.1) is 10.1 Å². The average molecular weight is 353 g/mol. The fraction of sp³-hybridized carbons (Fsp3) is 0.235. The second-order valence-electron chi connectivity index (χ2n) is 6.94. The van der Waals surface area contributed by atoms with E-state index in [0.29, 0.717) is 28.1 Å². The molecule has 9 nitrogen and oxygen atoms in total. The molecule has 3 aromatic heterocycles. The van der Waals surface area contributed by atoms with E-state index in [9.17, 15) is 14.9 Å². The molecule has 4 aromatic rings. The summed E-state index contributed by atoms with van der Waals surface area (Å²) in [5.74, 6) is 0.426. The highest BCUT2D eigenvalue weighted by Gasteiger charge is 2.26. The molecule has 9 heteroatoms. The van der Waals surface area contributed by atoms with Gasteiger partial charge in [0, 0.05) is 5.54 Å². The van der Waals surface area contributed by atoms with E-state index in [1.807, 2.05) is 31.4 Å². The summed E-state index contributed by atoms with van der Waals surface area (Å²) in [7, 11) is 0. The van der Waals surface area contributed by atoms with Crippen LogP contribution in [-0.4, -0.2) is 24.4 Å². The van der Waals surface area contributed by atoms with Gasteiger partial charge in [0.2, 0.25) is 0 Å². The molecule has 0 aliphatic rings. The first kappa shape index (κ1) is 16.0. The molecule has 1 N–H and O–H groups in total. The molecule has 132 valence electrons. The Labute approximate surface area is 146 Å². The van der Waals surface area contributed by atoms with Crippen molar-refractivity contribution in [2.24, 2.45) is 0 Å². The van der Waals surface area contributed by atoms with Crippen LogP contribution < -0.4 is 5.56 Å². The van der Waals surface area contributed by atoms with Gasteiger partial charge in [-0.1, -0.05) is 0 Å². The van der Waals surface area contributed by atoms with Crippen molar-refractivity contribution in [1.82, 2.24) is 19.5 Å². The highest BCUT2D eigenvalue weighted by molar-refractivity contribution is 5.92. The standard InChI is InChI=1S/C17H15N5O4/c1-17(2,3)21-12-7-9-10(19-14(23)8-18-9)6-11(12)20-16(21)13-4-5-15(26-13)22(24)25/h4-8H,1-3H3,(H,19,23). The van der Waals surface area contributed by atoms with Crippen LogP contribution >= 0.6 is 0 Å². The Kier molecular flexibility index (Phi) is 3.23. The highest BCUT2D eigenvalue weighted by atomic mass is 16.6. The molecule has 0 saturated carbocycles.